The molecule has 0 amide bonds. The quantitative estimate of drug-likeness (QED) is 0.841. The van der Waals surface area contributed by atoms with Gasteiger partial charge < -0.3 is 15.2 Å². The third-order valence-corrected chi connectivity index (χ3v) is 3.22. The van der Waals surface area contributed by atoms with E-state index in [0.29, 0.717) is 17.7 Å². The third-order valence-electron chi connectivity index (χ3n) is 3.22. The monoisotopic (exact) mass is 235 g/mol. The maximum Gasteiger partial charge on any atom is 0.335 e. The van der Waals surface area contributed by atoms with E-state index >= 15 is 0 Å². The Morgan fingerprint density at radius 3 is 2.59 bits per heavy atom. The van der Waals surface area contributed by atoms with E-state index in [-0.39, 0.29) is 0 Å². The zero-order chi connectivity index (χ0) is 12.3. The fourth-order valence-electron chi connectivity index (χ4n) is 2.23. The summed E-state index contributed by atoms with van der Waals surface area (Å²) in [6.45, 7) is 0. The van der Waals surface area contributed by atoms with E-state index in [1.807, 2.05) is 12.1 Å². The van der Waals surface area contributed by atoms with E-state index in [1.165, 1.54) is 0 Å². The minimum Gasteiger partial charge on any atom is -0.478 e. The first-order chi connectivity index (χ1) is 8.19. The number of carbonyl (C=O) groups is 1. The number of hydrogen-bond acceptors (Lipinski definition) is 3. The average Bonchev–Trinajstić information content (AvgIpc) is 2.77. The Balaban J connectivity index is 1.93. The van der Waals surface area contributed by atoms with Crippen LogP contribution in [0.3, 0.4) is 0 Å². The highest BCUT2D eigenvalue weighted by molar-refractivity contribution is 5.87. The summed E-state index contributed by atoms with van der Waals surface area (Å²) < 4.78 is 5.31. The van der Waals surface area contributed by atoms with E-state index in [9.17, 15) is 4.79 Å². The Kier molecular flexibility index (Phi) is 3.64. The largest absolute Gasteiger partial charge is 0.478 e. The number of aromatic carboxylic acids is 1. The van der Waals surface area contributed by atoms with E-state index in [4.69, 9.17) is 9.84 Å². The van der Waals surface area contributed by atoms with Gasteiger partial charge in [0, 0.05) is 18.8 Å². The Bertz CT molecular complexity index is 388. The summed E-state index contributed by atoms with van der Waals surface area (Å²) in [5.74, 6) is -0.892. The van der Waals surface area contributed by atoms with Crippen LogP contribution in [0.25, 0.3) is 0 Å². The molecule has 1 aromatic rings. The fourth-order valence-corrected chi connectivity index (χ4v) is 2.23. The number of carboxylic acid groups (broad SMARTS) is 1. The van der Waals surface area contributed by atoms with E-state index in [0.717, 1.165) is 24.9 Å². The lowest BCUT2D eigenvalue weighted by molar-refractivity contribution is 0.0697. The number of nitrogens with one attached hydrogen (secondary N) is 1. The van der Waals surface area contributed by atoms with Crippen LogP contribution >= 0.6 is 0 Å². The van der Waals surface area contributed by atoms with Gasteiger partial charge in [-0.2, -0.15) is 0 Å². The van der Waals surface area contributed by atoms with Crippen LogP contribution in [0.4, 0.5) is 5.69 Å². The molecule has 0 bridgehead atoms. The Morgan fingerprint density at radius 2 is 2.06 bits per heavy atom. The molecule has 2 unspecified atom stereocenters. The van der Waals surface area contributed by atoms with Crippen molar-refractivity contribution in [2.45, 2.75) is 31.4 Å². The molecular weight excluding hydrogens is 218 g/mol. The molecule has 0 radical (unpaired) electrons. The predicted octanol–water partition coefficient (Wildman–Crippen LogP) is 2.36. The molecule has 4 nitrogen and oxygen atoms in total. The molecule has 1 aliphatic rings. The first-order valence-electron chi connectivity index (χ1n) is 5.81. The molecule has 0 saturated heterocycles. The molecule has 2 atom stereocenters. The molecule has 0 spiro atoms. The van der Waals surface area contributed by atoms with E-state index in [2.05, 4.69) is 5.32 Å². The highest BCUT2D eigenvalue weighted by Gasteiger charge is 2.24. The molecular formula is C13H17NO3. The number of benzene rings is 1. The Hall–Kier alpha value is -1.55. The van der Waals surface area contributed by atoms with Crippen LogP contribution in [0.1, 0.15) is 29.6 Å². The fraction of sp³-hybridized carbons (Fsp3) is 0.462. The molecule has 2 N–H and O–H groups in total. The molecule has 0 aromatic heterocycles. The van der Waals surface area contributed by atoms with Gasteiger partial charge in [-0.05, 0) is 43.5 Å². The minimum absolute atomic E-state index is 0.316. The number of carboxylic acids is 1. The van der Waals surface area contributed by atoms with Crippen molar-refractivity contribution in [1.29, 1.82) is 0 Å². The number of ether oxygens (including phenoxy) is 1. The van der Waals surface area contributed by atoms with Crippen molar-refractivity contribution in [3.8, 4) is 0 Å². The Labute approximate surface area is 101 Å². The minimum atomic E-state index is -0.892. The van der Waals surface area contributed by atoms with Gasteiger partial charge in [-0.15, -0.1) is 0 Å². The molecule has 4 heteroatoms. The molecule has 1 aliphatic carbocycles. The maximum atomic E-state index is 10.7. The van der Waals surface area contributed by atoms with Crippen molar-refractivity contribution in [3.05, 3.63) is 29.8 Å². The van der Waals surface area contributed by atoms with Gasteiger partial charge in [0.25, 0.3) is 0 Å². The third kappa shape index (κ3) is 2.97. The average molecular weight is 235 g/mol. The second-order valence-corrected chi connectivity index (χ2v) is 4.39. The lowest BCUT2D eigenvalue weighted by Gasteiger charge is -2.14. The van der Waals surface area contributed by atoms with Crippen LogP contribution in [-0.4, -0.2) is 30.3 Å². The zero-order valence-electron chi connectivity index (χ0n) is 9.85. The summed E-state index contributed by atoms with van der Waals surface area (Å²) in [6.07, 6.45) is 3.54. The first kappa shape index (κ1) is 11.9. The molecule has 0 aliphatic heterocycles. The number of methoxy groups -OCH3 is 1. The van der Waals surface area contributed by atoms with Gasteiger partial charge in [-0.25, -0.2) is 4.79 Å². The standard InChI is InChI=1S/C13H17NO3/c1-17-12-7-6-11(8-12)14-10-4-2-9(3-5-10)13(15)16/h2-5,11-12,14H,6-8H2,1H3,(H,15,16). The highest BCUT2D eigenvalue weighted by Crippen LogP contribution is 2.24. The van der Waals surface area contributed by atoms with Gasteiger partial charge in [0.1, 0.15) is 0 Å². The topological polar surface area (TPSA) is 58.6 Å². The van der Waals surface area contributed by atoms with Gasteiger partial charge in [-0.3, -0.25) is 0 Å². The second kappa shape index (κ2) is 5.19. The van der Waals surface area contributed by atoms with Crippen LogP contribution in [-0.2, 0) is 4.74 Å². The summed E-state index contributed by atoms with van der Waals surface area (Å²) in [4.78, 5) is 10.7. The number of hydrogen-bond donors (Lipinski definition) is 2. The van der Waals surface area contributed by atoms with Gasteiger partial charge in [0.2, 0.25) is 0 Å². The van der Waals surface area contributed by atoms with Gasteiger partial charge >= 0.3 is 5.97 Å². The lowest BCUT2D eigenvalue weighted by Crippen LogP contribution is -2.17. The van der Waals surface area contributed by atoms with E-state index in [1.54, 1.807) is 19.2 Å². The highest BCUT2D eigenvalue weighted by atomic mass is 16.5. The van der Waals surface area contributed by atoms with Crippen molar-refractivity contribution in [2.75, 3.05) is 12.4 Å². The number of rotatable bonds is 4. The van der Waals surface area contributed by atoms with Crippen molar-refractivity contribution in [3.63, 3.8) is 0 Å². The normalized spacial score (nSPS) is 23.6. The molecule has 92 valence electrons. The summed E-state index contributed by atoms with van der Waals surface area (Å²) >= 11 is 0. The van der Waals surface area contributed by atoms with Crippen molar-refractivity contribution >= 4 is 11.7 Å². The zero-order valence-corrected chi connectivity index (χ0v) is 9.85. The number of anilines is 1. The maximum absolute atomic E-state index is 10.7. The van der Waals surface area contributed by atoms with Crippen LogP contribution in [0.5, 0.6) is 0 Å². The lowest BCUT2D eigenvalue weighted by atomic mass is 10.2. The molecule has 1 saturated carbocycles. The van der Waals surface area contributed by atoms with Crippen molar-refractivity contribution < 1.29 is 14.6 Å². The SMILES string of the molecule is COC1CCC(Nc2ccc(C(=O)O)cc2)C1. The molecule has 0 heterocycles. The summed E-state index contributed by atoms with van der Waals surface area (Å²) in [7, 11) is 1.74. The van der Waals surface area contributed by atoms with Gasteiger partial charge in [-0.1, -0.05) is 0 Å². The molecule has 1 aromatic carbocycles. The summed E-state index contributed by atoms with van der Waals surface area (Å²) in [6, 6.07) is 7.28. The van der Waals surface area contributed by atoms with Crippen LogP contribution in [0.2, 0.25) is 0 Å². The molecule has 2 rings (SSSR count). The molecule has 1 fully saturated rings. The smallest absolute Gasteiger partial charge is 0.335 e. The van der Waals surface area contributed by atoms with Crippen molar-refractivity contribution in [1.82, 2.24) is 0 Å². The van der Waals surface area contributed by atoms with Crippen LogP contribution in [0.15, 0.2) is 24.3 Å². The first-order valence-corrected chi connectivity index (χ1v) is 5.81. The second-order valence-electron chi connectivity index (χ2n) is 4.39. The summed E-state index contributed by atoms with van der Waals surface area (Å²) in [5, 5.41) is 12.2. The molecule has 17 heavy (non-hydrogen) atoms. The Morgan fingerprint density at radius 1 is 1.35 bits per heavy atom. The van der Waals surface area contributed by atoms with Crippen LogP contribution < -0.4 is 5.32 Å². The predicted molar refractivity (Wildman–Crippen MR) is 65.5 cm³/mol. The summed E-state index contributed by atoms with van der Waals surface area (Å²) in [5.41, 5.74) is 1.29. The van der Waals surface area contributed by atoms with E-state index < -0.39 is 5.97 Å². The van der Waals surface area contributed by atoms with Crippen molar-refractivity contribution in [2.24, 2.45) is 0 Å². The van der Waals surface area contributed by atoms with Crippen LogP contribution in [0, 0.1) is 0 Å². The van der Waals surface area contributed by atoms with Gasteiger partial charge in [0.05, 0.1) is 11.7 Å². The van der Waals surface area contributed by atoms with Gasteiger partial charge in [0.15, 0.2) is 0 Å².